The van der Waals surface area contributed by atoms with E-state index in [2.05, 4.69) is 16.4 Å². The molecule has 0 radical (unpaired) electrons. The van der Waals surface area contributed by atoms with E-state index in [0.29, 0.717) is 13.0 Å². The van der Waals surface area contributed by atoms with E-state index in [4.69, 9.17) is 4.74 Å². The van der Waals surface area contributed by atoms with Crippen LogP contribution in [0.3, 0.4) is 0 Å². The maximum Gasteiger partial charge on any atom is 0.303 e. The Bertz CT molecular complexity index is 1320. The predicted molar refractivity (Wildman–Crippen MR) is 139 cm³/mol. The van der Waals surface area contributed by atoms with Gasteiger partial charge in [-0.1, -0.05) is 25.1 Å². The Morgan fingerprint density at radius 2 is 1.77 bits per heavy atom. The molecule has 0 fully saturated rings. The number of hydrogen-bond donors (Lipinski definition) is 2. The minimum atomic E-state index is -0.831. The number of aryl methyl sites for hydroxylation is 1. The molecule has 0 saturated heterocycles. The first-order valence-corrected chi connectivity index (χ1v) is 12.6. The normalized spacial score (nSPS) is 13.0. The van der Waals surface area contributed by atoms with Gasteiger partial charge in [-0.3, -0.25) is 4.79 Å². The Kier molecular flexibility index (Phi) is 7.78. The van der Waals surface area contributed by atoms with Crippen molar-refractivity contribution >= 4 is 38.9 Å². The third-order valence-electron chi connectivity index (χ3n) is 5.96. The smallest absolute Gasteiger partial charge is 0.303 e. The van der Waals surface area contributed by atoms with Gasteiger partial charge in [-0.05, 0) is 85.3 Å². The lowest BCUT2D eigenvalue weighted by Crippen LogP contribution is -2.10. The minimum absolute atomic E-state index is 0.0430. The standard InChI is InChI=1S/C28H29FN2O3S/c1-4-18(15-27(32)33)20-12-21(28(34-5-2)19-6-8-22(29)9-7-19)14-24(13-20)31-23-10-11-25-26(16-23)35-17(3)30-25/h6-14,16,18,28,31H,4-5,15H2,1-3H3,(H,32,33)/t18-,28+/m0/s1. The molecule has 2 N–H and O–H groups in total. The number of aliphatic carboxylic acids is 1. The lowest BCUT2D eigenvalue weighted by molar-refractivity contribution is -0.137. The molecule has 182 valence electrons. The summed E-state index contributed by atoms with van der Waals surface area (Å²) in [5.74, 6) is -1.28. The minimum Gasteiger partial charge on any atom is -0.481 e. The monoisotopic (exact) mass is 492 g/mol. The van der Waals surface area contributed by atoms with Crippen LogP contribution < -0.4 is 5.32 Å². The number of ether oxygens (including phenoxy) is 1. The van der Waals surface area contributed by atoms with Gasteiger partial charge in [0.2, 0.25) is 0 Å². The number of fused-ring (bicyclic) bond motifs is 1. The number of carboxylic acid groups (broad SMARTS) is 1. The number of hydrogen-bond acceptors (Lipinski definition) is 5. The highest BCUT2D eigenvalue weighted by Crippen LogP contribution is 2.35. The molecule has 0 aliphatic rings. The number of halogens is 1. The van der Waals surface area contributed by atoms with Gasteiger partial charge >= 0.3 is 5.97 Å². The Hall–Kier alpha value is -3.29. The number of aromatic nitrogens is 1. The second-order valence-corrected chi connectivity index (χ2v) is 9.75. The van der Waals surface area contributed by atoms with Crippen LogP contribution in [-0.4, -0.2) is 22.7 Å². The van der Waals surface area contributed by atoms with E-state index in [0.717, 1.165) is 43.3 Å². The molecule has 2 atom stereocenters. The summed E-state index contributed by atoms with van der Waals surface area (Å²) in [6.45, 7) is 6.38. The van der Waals surface area contributed by atoms with Gasteiger partial charge in [0, 0.05) is 18.0 Å². The van der Waals surface area contributed by atoms with Gasteiger partial charge in [-0.25, -0.2) is 9.37 Å². The number of carbonyl (C=O) groups is 1. The zero-order chi connectivity index (χ0) is 24.9. The van der Waals surface area contributed by atoms with Crippen molar-refractivity contribution < 1.29 is 19.0 Å². The Labute approximate surface area is 208 Å². The summed E-state index contributed by atoms with van der Waals surface area (Å²) < 4.78 is 20.8. The van der Waals surface area contributed by atoms with Crippen molar-refractivity contribution in [2.24, 2.45) is 0 Å². The van der Waals surface area contributed by atoms with Crippen molar-refractivity contribution in [1.82, 2.24) is 4.98 Å². The number of thiazole rings is 1. The Morgan fingerprint density at radius 3 is 2.46 bits per heavy atom. The topological polar surface area (TPSA) is 71.5 Å². The average Bonchev–Trinajstić information content (AvgIpc) is 3.20. The van der Waals surface area contributed by atoms with Crippen molar-refractivity contribution in [3.63, 3.8) is 0 Å². The molecular weight excluding hydrogens is 463 g/mol. The quantitative estimate of drug-likeness (QED) is 0.239. The number of benzene rings is 3. The Morgan fingerprint density at radius 1 is 1.03 bits per heavy atom. The van der Waals surface area contributed by atoms with E-state index in [1.165, 1.54) is 12.1 Å². The Balaban J connectivity index is 1.77. The summed E-state index contributed by atoms with van der Waals surface area (Å²) in [6, 6.07) is 18.4. The molecular formula is C28H29FN2O3S. The van der Waals surface area contributed by atoms with Gasteiger partial charge in [0.25, 0.3) is 0 Å². The van der Waals surface area contributed by atoms with Crippen LogP contribution in [0.15, 0.2) is 60.7 Å². The molecule has 35 heavy (non-hydrogen) atoms. The van der Waals surface area contributed by atoms with Crippen LogP contribution in [0.4, 0.5) is 15.8 Å². The number of nitrogens with one attached hydrogen (secondary N) is 1. The lowest BCUT2D eigenvalue weighted by atomic mass is 9.89. The van der Waals surface area contributed by atoms with Crippen molar-refractivity contribution in [1.29, 1.82) is 0 Å². The van der Waals surface area contributed by atoms with Gasteiger partial charge in [0.05, 0.1) is 21.6 Å². The maximum atomic E-state index is 13.6. The van der Waals surface area contributed by atoms with E-state index < -0.39 is 12.1 Å². The van der Waals surface area contributed by atoms with Crippen molar-refractivity contribution in [2.75, 3.05) is 11.9 Å². The summed E-state index contributed by atoms with van der Waals surface area (Å²) in [6.07, 6.45) is 0.327. The lowest BCUT2D eigenvalue weighted by Gasteiger charge is -2.23. The number of nitrogens with zero attached hydrogens (tertiary/aromatic N) is 1. The molecule has 0 bridgehead atoms. The summed E-state index contributed by atoms with van der Waals surface area (Å²) in [5, 5.41) is 14.0. The zero-order valence-corrected chi connectivity index (χ0v) is 20.9. The van der Waals surface area contributed by atoms with Crippen LogP contribution in [-0.2, 0) is 9.53 Å². The second-order valence-electron chi connectivity index (χ2n) is 8.52. The third-order valence-corrected chi connectivity index (χ3v) is 6.89. The molecule has 0 saturated carbocycles. The summed E-state index contributed by atoms with van der Waals surface area (Å²) in [7, 11) is 0. The SMILES string of the molecule is CCO[C@H](c1ccc(F)cc1)c1cc(Nc2ccc3nc(C)sc3c2)cc([C@@H](CC)CC(=O)O)c1. The van der Waals surface area contributed by atoms with Crippen LogP contribution in [0.1, 0.15) is 60.4 Å². The largest absolute Gasteiger partial charge is 0.481 e. The van der Waals surface area contributed by atoms with E-state index >= 15 is 0 Å². The third kappa shape index (κ3) is 6.05. The number of rotatable bonds is 10. The molecule has 1 aromatic heterocycles. The summed E-state index contributed by atoms with van der Waals surface area (Å²) in [5.41, 5.74) is 5.38. The molecule has 0 aliphatic carbocycles. The highest BCUT2D eigenvalue weighted by atomic mass is 32.1. The first-order valence-electron chi connectivity index (χ1n) is 11.7. The van der Waals surface area contributed by atoms with E-state index in [1.807, 2.05) is 51.1 Å². The van der Waals surface area contributed by atoms with Crippen LogP contribution in [0.25, 0.3) is 10.2 Å². The van der Waals surface area contributed by atoms with Crippen molar-refractivity contribution in [2.45, 2.75) is 45.6 Å². The fourth-order valence-corrected chi connectivity index (χ4v) is 5.18. The van der Waals surface area contributed by atoms with E-state index in [1.54, 1.807) is 23.5 Å². The second kappa shape index (κ2) is 11.0. The van der Waals surface area contributed by atoms with Gasteiger partial charge in [-0.15, -0.1) is 11.3 Å². The molecule has 1 heterocycles. The first-order chi connectivity index (χ1) is 16.9. The van der Waals surface area contributed by atoms with Crippen LogP contribution in [0, 0.1) is 12.7 Å². The fourth-order valence-electron chi connectivity index (χ4n) is 4.32. The molecule has 4 rings (SSSR count). The summed E-state index contributed by atoms with van der Waals surface area (Å²) >= 11 is 1.64. The molecule has 0 aliphatic heterocycles. The van der Waals surface area contributed by atoms with Gasteiger partial charge in [0.15, 0.2) is 0 Å². The first kappa shape index (κ1) is 24.8. The van der Waals surface area contributed by atoms with Gasteiger partial charge < -0.3 is 15.2 Å². The predicted octanol–water partition coefficient (Wildman–Crippen LogP) is 7.58. The van der Waals surface area contributed by atoms with Gasteiger partial charge in [0.1, 0.15) is 11.9 Å². The molecule has 0 unspecified atom stereocenters. The summed E-state index contributed by atoms with van der Waals surface area (Å²) in [4.78, 5) is 16.1. The highest BCUT2D eigenvalue weighted by Gasteiger charge is 2.20. The highest BCUT2D eigenvalue weighted by molar-refractivity contribution is 7.18. The molecule has 7 heteroatoms. The molecule has 0 amide bonds. The molecule has 5 nitrogen and oxygen atoms in total. The molecule has 4 aromatic rings. The van der Waals surface area contributed by atoms with Crippen LogP contribution in [0.5, 0.6) is 0 Å². The maximum absolute atomic E-state index is 13.6. The average molecular weight is 493 g/mol. The van der Waals surface area contributed by atoms with Gasteiger partial charge in [-0.2, -0.15) is 0 Å². The fraction of sp³-hybridized carbons (Fsp3) is 0.286. The number of anilines is 2. The zero-order valence-electron chi connectivity index (χ0n) is 20.0. The number of carboxylic acids is 1. The van der Waals surface area contributed by atoms with E-state index in [9.17, 15) is 14.3 Å². The van der Waals surface area contributed by atoms with E-state index in [-0.39, 0.29) is 18.2 Å². The van der Waals surface area contributed by atoms with Crippen molar-refractivity contribution in [3.8, 4) is 0 Å². The molecule has 3 aromatic carbocycles. The molecule has 0 spiro atoms. The van der Waals surface area contributed by atoms with Crippen molar-refractivity contribution in [3.05, 3.63) is 88.2 Å². The van der Waals surface area contributed by atoms with Crippen LogP contribution >= 0.6 is 11.3 Å². The van der Waals surface area contributed by atoms with Crippen LogP contribution in [0.2, 0.25) is 0 Å².